The molecule has 28 heavy (non-hydrogen) atoms. The number of likely N-dealkylation sites (N-methyl/N-ethyl adjacent to an activating group) is 1. The molecule has 1 atom stereocenters. The summed E-state index contributed by atoms with van der Waals surface area (Å²) in [6.45, 7) is 0.797. The third-order valence-electron chi connectivity index (χ3n) is 3.88. The number of fused-ring (bicyclic) bond motifs is 1. The summed E-state index contributed by atoms with van der Waals surface area (Å²) in [5.74, 6) is -0.665. The van der Waals surface area contributed by atoms with Crippen LogP contribution in [0.25, 0.3) is 10.9 Å². The van der Waals surface area contributed by atoms with Crippen molar-refractivity contribution < 1.29 is 28.0 Å². The van der Waals surface area contributed by atoms with Gasteiger partial charge in [0.2, 0.25) is 0 Å². The Hall–Kier alpha value is -2.29. The van der Waals surface area contributed by atoms with Crippen molar-refractivity contribution in [1.29, 1.82) is 5.41 Å². The monoisotopic (exact) mass is 408 g/mol. The number of hydrogen-bond donors (Lipinski definition) is 3. The fourth-order valence-corrected chi connectivity index (χ4v) is 3.39. The molecule has 0 aliphatic rings. The predicted octanol–water partition coefficient (Wildman–Crippen LogP) is 2.74. The van der Waals surface area contributed by atoms with Gasteiger partial charge in [0.05, 0.1) is 0 Å². The fraction of sp³-hybridized carbons (Fsp3) is 0.412. The molecular weight excluding hydrogens is 384 g/mol. The molecule has 1 radical (unpaired) electrons. The van der Waals surface area contributed by atoms with Gasteiger partial charge in [0.25, 0.3) is 0 Å². The minimum atomic E-state index is -4.62. The molecule has 0 aliphatic heterocycles. The van der Waals surface area contributed by atoms with Gasteiger partial charge in [-0.2, -0.15) is 0 Å². The van der Waals surface area contributed by atoms with Gasteiger partial charge >= 0.3 is 21.3 Å². The summed E-state index contributed by atoms with van der Waals surface area (Å²) < 4.78 is 26.7. The van der Waals surface area contributed by atoms with Crippen LogP contribution >= 0.6 is 7.82 Å². The van der Waals surface area contributed by atoms with Gasteiger partial charge in [-0.05, 0) is 51.0 Å². The van der Waals surface area contributed by atoms with Gasteiger partial charge in [-0.25, -0.2) is 4.57 Å². The van der Waals surface area contributed by atoms with E-state index in [1.165, 1.54) is 7.48 Å². The first-order valence-electron chi connectivity index (χ1n) is 8.77. The number of nitrogens with zero attached hydrogens (tertiary/aromatic N) is 1. The van der Waals surface area contributed by atoms with Gasteiger partial charge < -0.3 is 23.6 Å². The molecule has 2 rings (SSSR count). The maximum absolute atomic E-state index is 12.3. The SMILES string of the molecule is CN(C)CCc1c[nH]c2cccc(OP(=O)(O)OC(=O)CCC[B]OC=N)c12. The number of aromatic amines is 1. The van der Waals surface area contributed by atoms with Crippen molar-refractivity contribution in [2.75, 3.05) is 20.6 Å². The zero-order valence-electron chi connectivity index (χ0n) is 15.9. The lowest BCUT2D eigenvalue weighted by atomic mass is 9.92. The van der Waals surface area contributed by atoms with E-state index >= 15 is 0 Å². The van der Waals surface area contributed by atoms with Crippen molar-refractivity contribution in [3.05, 3.63) is 30.0 Å². The average molecular weight is 408 g/mol. The second-order valence-electron chi connectivity index (χ2n) is 6.38. The highest BCUT2D eigenvalue weighted by Crippen LogP contribution is 2.46. The molecule has 11 heteroatoms. The third-order valence-corrected chi connectivity index (χ3v) is 4.74. The first kappa shape index (κ1) is 22.0. The molecule has 0 fully saturated rings. The van der Waals surface area contributed by atoms with Crippen molar-refractivity contribution in [3.8, 4) is 5.75 Å². The first-order chi connectivity index (χ1) is 13.3. The van der Waals surface area contributed by atoms with Crippen molar-refractivity contribution in [3.63, 3.8) is 0 Å². The van der Waals surface area contributed by atoms with Crippen molar-refractivity contribution in [1.82, 2.24) is 9.88 Å². The Labute approximate surface area is 164 Å². The standard InChI is InChI=1S/C17H24BN3O6P/c1-21(2)10-8-13-11-20-14-5-3-6-15(17(13)14)26-28(23,24)27-16(22)7-4-9-18-25-12-19/h3,5-6,11-12,19-20H,4,7-10H2,1-2H3,(H,23,24). The van der Waals surface area contributed by atoms with Crippen LogP contribution < -0.4 is 4.52 Å². The minimum absolute atomic E-state index is 0.0752. The van der Waals surface area contributed by atoms with E-state index in [1.54, 1.807) is 12.1 Å². The van der Waals surface area contributed by atoms with E-state index in [9.17, 15) is 14.3 Å². The molecule has 0 aliphatic carbocycles. The number of nitrogens with one attached hydrogen (secondary N) is 2. The van der Waals surface area contributed by atoms with Crippen LogP contribution in [0.15, 0.2) is 24.4 Å². The minimum Gasteiger partial charge on any atom is -0.556 e. The van der Waals surface area contributed by atoms with Gasteiger partial charge in [0.1, 0.15) is 12.2 Å². The number of carbonyl (C=O) groups excluding carboxylic acids is 1. The smallest absolute Gasteiger partial charge is 0.556 e. The summed E-state index contributed by atoms with van der Waals surface area (Å²) >= 11 is 0. The molecule has 151 valence electrons. The van der Waals surface area contributed by atoms with Crippen molar-refractivity contribution >= 4 is 38.6 Å². The average Bonchev–Trinajstić information content (AvgIpc) is 3.03. The highest BCUT2D eigenvalue weighted by atomic mass is 31.2. The van der Waals surface area contributed by atoms with Gasteiger partial charge in [-0.1, -0.05) is 6.07 Å². The Morgan fingerprint density at radius 1 is 1.43 bits per heavy atom. The second-order valence-corrected chi connectivity index (χ2v) is 7.68. The molecule has 0 saturated heterocycles. The second kappa shape index (κ2) is 10.3. The summed E-state index contributed by atoms with van der Waals surface area (Å²) in [5, 5.41) is 7.38. The van der Waals surface area contributed by atoms with E-state index in [0.717, 1.165) is 30.4 Å². The van der Waals surface area contributed by atoms with Crippen LogP contribution in [-0.2, 0) is 25.0 Å². The quantitative estimate of drug-likeness (QED) is 0.162. The molecule has 9 nitrogen and oxygen atoms in total. The van der Waals surface area contributed by atoms with Crippen LogP contribution in [0.4, 0.5) is 0 Å². The Morgan fingerprint density at radius 2 is 2.21 bits per heavy atom. The number of aromatic nitrogens is 1. The van der Waals surface area contributed by atoms with Crippen LogP contribution in [0.5, 0.6) is 5.75 Å². The topological polar surface area (TPSA) is 125 Å². The molecule has 1 aromatic heterocycles. The zero-order valence-corrected chi connectivity index (χ0v) is 16.8. The predicted molar refractivity (Wildman–Crippen MR) is 107 cm³/mol. The largest absolute Gasteiger partial charge is 0.587 e. The molecule has 1 aromatic carbocycles. The Kier molecular flexibility index (Phi) is 8.11. The molecule has 0 amide bonds. The van der Waals surface area contributed by atoms with E-state index < -0.39 is 13.8 Å². The van der Waals surface area contributed by atoms with Crippen LogP contribution in [0.3, 0.4) is 0 Å². The van der Waals surface area contributed by atoms with E-state index in [0.29, 0.717) is 18.1 Å². The maximum atomic E-state index is 12.3. The Bertz CT molecular complexity index is 857. The van der Waals surface area contributed by atoms with E-state index in [2.05, 4.69) is 14.2 Å². The van der Waals surface area contributed by atoms with Crippen LogP contribution in [-0.4, -0.2) is 55.3 Å². The number of phosphoric acid groups is 1. The van der Waals surface area contributed by atoms with Crippen LogP contribution in [0.1, 0.15) is 18.4 Å². The number of rotatable bonds is 12. The molecule has 3 N–H and O–H groups in total. The summed E-state index contributed by atoms with van der Waals surface area (Å²) in [5.41, 5.74) is 1.70. The highest BCUT2D eigenvalue weighted by molar-refractivity contribution is 7.48. The Balaban J connectivity index is 2.03. The normalized spacial score (nSPS) is 13.1. The lowest BCUT2D eigenvalue weighted by Crippen LogP contribution is -2.14. The van der Waals surface area contributed by atoms with Crippen LogP contribution in [0.2, 0.25) is 6.32 Å². The summed E-state index contributed by atoms with van der Waals surface area (Å²) in [6.07, 6.45) is 4.00. The molecule has 2 aromatic rings. The summed E-state index contributed by atoms with van der Waals surface area (Å²) in [7, 11) is 0.659. The van der Waals surface area contributed by atoms with Gasteiger partial charge in [0.15, 0.2) is 0 Å². The van der Waals surface area contributed by atoms with Gasteiger partial charge in [-0.3, -0.25) is 15.1 Å². The van der Waals surface area contributed by atoms with E-state index in [1.807, 2.05) is 31.3 Å². The first-order valence-corrected chi connectivity index (χ1v) is 10.3. The zero-order chi connectivity index (χ0) is 20.6. The molecule has 0 bridgehead atoms. The number of hydrogen-bond acceptors (Lipinski definition) is 7. The lowest BCUT2D eigenvalue weighted by Gasteiger charge is -2.14. The van der Waals surface area contributed by atoms with E-state index in [-0.39, 0.29) is 12.2 Å². The lowest BCUT2D eigenvalue weighted by molar-refractivity contribution is -0.135. The fourth-order valence-electron chi connectivity index (χ4n) is 2.60. The highest BCUT2D eigenvalue weighted by Gasteiger charge is 2.29. The van der Waals surface area contributed by atoms with Gasteiger partial charge in [0, 0.05) is 30.1 Å². The summed E-state index contributed by atoms with van der Waals surface area (Å²) in [4.78, 5) is 26.9. The maximum Gasteiger partial charge on any atom is 0.587 e. The van der Waals surface area contributed by atoms with E-state index in [4.69, 9.17) is 9.93 Å². The van der Waals surface area contributed by atoms with Gasteiger partial charge in [-0.15, -0.1) is 0 Å². The molecule has 1 unspecified atom stereocenters. The third kappa shape index (κ3) is 6.71. The van der Waals surface area contributed by atoms with Crippen molar-refractivity contribution in [2.24, 2.45) is 0 Å². The van der Waals surface area contributed by atoms with Crippen molar-refractivity contribution in [2.45, 2.75) is 25.6 Å². The number of H-pyrrole nitrogens is 1. The number of benzene rings is 1. The number of carbonyl (C=O) groups is 1. The molecular formula is C17H24BN3O6P. The Morgan fingerprint density at radius 3 is 2.93 bits per heavy atom. The summed E-state index contributed by atoms with van der Waals surface area (Å²) in [6, 6.07) is 5.09. The molecule has 1 heterocycles. The number of phosphoric ester groups is 1. The molecule has 0 spiro atoms. The van der Waals surface area contributed by atoms with Crippen LogP contribution in [0, 0.1) is 5.41 Å². The molecule has 0 saturated carbocycles.